The molecule has 8 rings (SSSR count). The summed E-state index contributed by atoms with van der Waals surface area (Å²) in [5, 5.41) is 6.44. The summed E-state index contributed by atoms with van der Waals surface area (Å²) in [4.78, 5) is 30.7. The molecule has 52 heavy (non-hydrogen) atoms. The van der Waals surface area contributed by atoms with Crippen LogP contribution in [0.3, 0.4) is 0 Å². The largest absolute Gasteiger partial charge is 0.448 e. The molecule has 0 bridgehead atoms. The first kappa shape index (κ1) is 34.3. The van der Waals surface area contributed by atoms with Gasteiger partial charge in [0, 0.05) is 29.4 Å². The first-order valence-electron chi connectivity index (χ1n) is 18.6. The summed E-state index contributed by atoms with van der Waals surface area (Å²) in [6, 6.07) is 27.9. The number of carbonyl (C=O) groups is 2. The maximum atomic E-state index is 14.6. The van der Waals surface area contributed by atoms with Crippen molar-refractivity contribution in [1.29, 1.82) is 0 Å². The van der Waals surface area contributed by atoms with E-state index in [1.807, 2.05) is 48.5 Å². The molecular weight excluding hydrogens is 663 g/mol. The highest BCUT2D eigenvalue weighted by molar-refractivity contribution is 5.94. The van der Waals surface area contributed by atoms with E-state index >= 15 is 0 Å². The second-order valence-corrected chi connectivity index (χ2v) is 15.0. The minimum absolute atomic E-state index is 0.0690. The van der Waals surface area contributed by atoms with Crippen molar-refractivity contribution in [2.75, 3.05) is 17.2 Å². The Hall–Kier alpha value is -4.79. The number of likely N-dealkylation sites (tertiary alicyclic amines) is 1. The molecule has 0 spiro atoms. The molecule has 0 aromatic heterocycles. The molecule has 2 N–H and O–H groups in total. The summed E-state index contributed by atoms with van der Waals surface area (Å²) >= 11 is 0. The van der Waals surface area contributed by atoms with Crippen LogP contribution in [0.25, 0.3) is 11.1 Å². The van der Waals surface area contributed by atoms with Gasteiger partial charge in [-0.25, -0.2) is 4.79 Å². The maximum absolute atomic E-state index is 14.6. The lowest BCUT2D eigenvalue weighted by molar-refractivity contribution is -0.138. The van der Waals surface area contributed by atoms with Gasteiger partial charge in [0.15, 0.2) is 0 Å². The molecule has 4 aromatic carbocycles. The SMILES string of the molecule is Cc1ccc(NC(=O)C2C[C@H]3CCCC3N(C(=O)OCC3c4ccccc4-c4ccccc43)[C@H]2c2ccc(NC3CCCC3)cc2)cc1C(F)(F)F. The van der Waals surface area contributed by atoms with Gasteiger partial charge in [-0.05, 0) is 103 Å². The van der Waals surface area contributed by atoms with Crippen LogP contribution in [0.5, 0.6) is 0 Å². The van der Waals surface area contributed by atoms with E-state index in [-0.39, 0.29) is 35.7 Å². The van der Waals surface area contributed by atoms with Crippen molar-refractivity contribution in [3.8, 4) is 11.1 Å². The van der Waals surface area contributed by atoms with Crippen LogP contribution >= 0.6 is 0 Å². The molecular formula is C43H44F3N3O3. The number of carbonyl (C=O) groups excluding carboxylic acids is 2. The van der Waals surface area contributed by atoms with E-state index in [9.17, 15) is 22.8 Å². The smallest absolute Gasteiger partial charge is 0.416 e. The zero-order chi connectivity index (χ0) is 36.0. The van der Waals surface area contributed by atoms with Crippen LogP contribution in [0.15, 0.2) is 91.0 Å². The lowest BCUT2D eigenvalue weighted by Gasteiger charge is -2.47. The first-order chi connectivity index (χ1) is 25.2. The van der Waals surface area contributed by atoms with Gasteiger partial charge in [0.1, 0.15) is 6.61 Å². The first-order valence-corrected chi connectivity index (χ1v) is 18.6. The summed E-state index contributed by atoms with van der Waals surface area (Å²) in [5.74, 6) is -1.16. The number of fused-ring (bicyclic) bond motifs is 4. The fourth-order valence-corrected chi connectivity index (χ4v) is 9.40. The van der Waals surface area contributed by atoms with Crippen molar-refractivity contribution >= 4 is 23.4 Å². The fraction of sp³-hybridized carbons (Fsp3) is 0.395. The molecule has 2 unspecified atom stereocenters. The number of piperidine rings is 1. The number of amides is 2. The molecule has 6 nitrogen and oxygen atoms in total. The number of nitrogens with one attached hydrogen (secondary N) is 2. The number of anilines is 2. The molecule has 270 valence electrons. The highest BCUT2D eigenvalue weighted by Crippen LogP contribution is 2.50. The molecule has 4 atom stereocenters. The van der Waals surface area contributed by atoms with E-state index in [1.165, 1.54) is 31.9 Å². The molecule has 3 aliphatic carbocycles. The average molecular weight is 708 g/mol. The number of rotatable bonds is 7. The number of aryl methyl sites for hydroxylation is 1. The van der Waals surface area contributed by atoms with E-state index in [1.54, 1.807) is 4.90 Å². The van der Waals surface area contributed by atoms with Gasteiger partial charge in [-0.2, -0.15) is 13.2 Å². The fourth-order valence-electron chi connectivity index (χ4n) is 9.40. The van der Waals surface area contributed by atoms with Crippen molar-refractivity contribution in [2.45, 2.75) is 88.5 Å². The van der Waals surface area contributed by atoms with Crippen LogP contribution in [0.2, 0.25) is 0 Å². The van der Waals surface area contributed by atoms with Gasteiger partial charge in [-0.1, -0.05) is 86.0 Å². The van der Waals surface area contributed by atoms with Crippen LogP contribution in [0, 0.1) is 18.8 Å². The third-order valence-electron chi connectivity index (χ3n) is 11.9. The monoisotopic (exact) mass is 707 g/mol. The number of hydrogen-bond donors (Lipinski definition) is 2. The zero-order valence-electron chi connectivity index (χ0n) is 29.3. The summed E-state index contributed by atoms with van der Waals surface area (Å²) in [7, 11) is 0. The minimum Gasteiger partial charge on any atom is -0.448 e. The predicted molar refractivity (Wildman–Crippen MR) is 196 cm³/mol. The molecule has 1 heterocycles. The Morgan fingerprint density at radius 2 is 1.46 bits per heavy atom. The number of alkyl halides is 3. The average Bonchev–Trinajstić information content (AvgIpc) is 3.90. The van der Waals surface area contributed by atoms with Gasteiger partial charge in [0.25, 0.3) is 0 Å². The molecule has 2 amide bonds. The Morgan fingerprint density at radius 1 is 0.808 bits per heavy atom. The van der Waals surface area contributed by atoms with Crippen molar-refractivity contribution in [3.05, 3.63) is 119 Å². The summed E-state index contributed by atoms with van der Waals surface area (Å²) < 4.78 is 47.8. The summed E-state index contributed by atoms with van der Waals surface area (Å²) in [6.07, 6.45) is 2.74. The third-order valence-corrected chi connectivity index (χ3v) is 11.9. The highest BCUT2D eigenvalue weighted by Gasteiger charge is 2.50. The number of halogens is 3. The van der Waals surface area contributed by atoms with Crippen LogP contribution in [-0.2, 0) is 15.7 Å². The van der Waals surface area contributed by atoms with Crippen molar-refractivity contribution < 1.29 is 27.5 Å². The molecule has 4 aliphatic rings. The van der Waals surface area contributed by atoms with Gasteiger partial charge < -0.3 is 15.4 Å². The Bertz CT molecular complexity index is 1910. The topological polar surface area (TPSA) is 70.7 Å². The molecule has 9 heteroatoms. The second-order valence-electron chi connectivity index (χ2n) is 15.0. The van der Waals surface area contributed by atoms with E-state index in [2.05, 4.69) is 34.9 Å². The normalized spacial score (nSPS) is 22.8. The predicted octanol–water partition coefficient (Wildman–Crippen LogP) is 10.5. The number of ether oxygens (including phenoxy) is 1. The van der Waals surface area contributed by atoms with Crippen LogP contribution in [-0.4, -0.2) is 35.6 Å². The van der Waals surface area contributed by atoms with E-state index < -0.39 is 35.7 Å². The van der Waals surface area contributed by atoms with Crippen molar-refractivity contribution in [1.82, 2.24) is 4.90 Å². The molecule has 0 radical (unpaired) electrons. The molecule has 1 saturated heterocycles. The molecule has 3 fully saturated rings. The number of benzene rings is 4. The summed E-state index contributed by atoms with van der Waals surface area (Å²) in [6.45, 7) is 1.56. The number of hydrogen-bond acceptors (Lipinski definition) is 4. The maximum Gasteiger partial charge on any atom is 0.416 e. The van der Waals surface area contributed by atoms with Crippen molar-refractivity contribution in [3.63, 3.8) is 0 Å². The highest BCUT2D eigenvalue weighted by atomic mass is 19.4. The minimum atomic E-state index is -4.55. The zero-order valence-corrected chi connectivity index (χ0v) is 29.3. The van der Waals surface area contributed by atoms with Gasteiger partial charge in [-0.15, -0.1) is 0 Å². The van der Waals surface area contributed by atoms with Gasteiger partial charge >= 0.3 is 12.3 Å². The lowest BCUT2D eigenvalue weighted by atomic mass is 9.76. The Kier molecular flexibility index (Phi) is 9.22. The Morgan fingerprint density at radius 3 is 2.13 bits per heavy atom. The van der Waals surface area contributed by atoms with Crippen LogP contribution in [0.1, 0.15) is 91.1 Å². The van der Waals surface area contributed by atoms with E-state index in [0.29, 0.717) is 12.5 Å². The van der Waals surface area contributed by atoms with E-state index in [0.717, 1.165) is 71.7 Å². The third kappa shape index (κ3) is 6.54. The van der Waals surface area contributed by atoms with Gasteiger partial charge in [-0.3, -0.25) is 9.69 Å². The molecule has 1 aliphatic heterocycles. The lowest BCUT2D eigenvalue weighted by Crippen LogP contribution is -2.54. The molecule has 4 aromatic rings. The standard InChI is InChI=1S/C43H44F3N3O3/c1-26-17-20-31(24-38(26)43(44,45)46)48-41(50)36-23-28-9-8-16-39(28)49(40(36)27-18-21-30(22-19-27)47-29-10-2-3-11-29)42(51)52-25-37-34-14-6-4-12-32(34)33-13-5-7-15-35(33)37/h4-7,12-15,17-22,24,28-29,36-37,39-40,47H,2-3,8-11,16,23,25H2,1H3,(H,48,50)/t28-,36?,39?,40+/m1/s1. The van der Waals surface area contributed by atoms with Crippen LogP contribution in [0.4, 0.5) is 29.3 Å². The Labute approximate surface area is 302 Å². The molecule has 2 saturated carbocycles. The number of nitrogens with zero attached hydrogens (tertiary/aromatic N) is 1. The second kappa shape index (κ2) is 14.0. The van der Waals surface area contributed by atoms with Gasteiger partial charge in [0.05, 0.1) is 17.5 Å². The quantitative estimate of drug-likeness (QED) is 0.201. The Balaban J connectivity index is 1.11. The van der Waals surface area contributed by atoms with Crippen molar-refractivity contribution in [2.24, 2.45) is 11.8 Å². The summed E-state index contributed by atoms with van der Waals surface area (Å²) in [5.41, 5.74) is 5.67. The van der Waals surface area contributed by atoms with Gasteiger partial charge in [0.2, 0.25) is 5.91 Å². The van der Waals surface area contributed by atoms with E-state index in [4.69, 9.17) is 4.74 Å². The van der Waals surface area contributed by atoms with Crippen LogP contribution < -0.4 is 10.6 Å².